The fourth-order valence-electron chi connectivity index (χ4n) is 2.12. The molecular weight excluding hydrogens is 471 g/mol. The predicted molar refractivity (Wildman–Crippen MR) is 94.4 cm³/mol. The summed E-state index contributed by atoms with van der Waals surface area (Å²) < 4.78 is 16.5. The van der Waals surface area contributed by atoms with E-state index >= 15 is 0 Å². The molecule has 102 valence electrons. The van der Waals surface area contributed by atoms with Gasteiger partial charge in [-0.25, -0.2) is 4.39 Å². The molecule has 0 saturated heterocycles. The van der Waals surface area contributed by atoms with Gasteiger partial charge in [-0.15, -0.1) is 11.3 Å². The Morgan fingerprint density at radius 2 is 1.75 bits per heavy atom. The number of thiophene rings is 1. The van der Waals surface area contributed by atoms with Crippen molar-refractivity contribution in [2.75, 3.05) is 0 Å². The lowest BCUT2D eigenvalue weighted by Gasteiger charge is -2.12. The van der Waals surface area contributed by atoms with E-state index in [-0.39, 0.29) is 10.6 Å². The van der Waals surface area contributed by atoms with E-state index in [0.717, 1.165) is 15.6 Å². The molecule has 3 rings (SSSR count). The van der Waals surface area contributed by atoms with Gasteiger partial charge in [-0.1, -0.05) is 40.2 Å². The molecule has 0 aliphatic rings. The highest BCUT2D eigenvalue weighted by Gasteiger charge is 2.19. The van der Waals surface area contributed by atoms with Crippen LogP contribution in [0.4, 0.5) is 4.39 Å². The van der Waals surface area contributed by atoms with E-state index in [9.17, 15) is 4.39 Å². The van der Waals surface area contributed by atoms with Crippen LogP contribution in [0.3, 0.4) is 0 Å². The first kappa shape index (κ1) is 14.7. The summed E-state index contributed by atoms with van der Waals surface area (Å²) in [7, 11) is 0. The Hall–Kier alpha value is -0.230. The number of hydrogen-bond donors (Lipinski definition) is 0. The molecule has 0 bridgehead atoms. The van der Waals surface area contributed by atoms with Gasteiger partial charge in [-0.05, 0) is 65.9 Å². The Balaban J connectivity index is 2.16. The predicted octanol–water partition coefficient (Wildman–Crippen LogP) is 7.05. The fourth-order valence-corrected chi connectivity index (χ4v) is 5.51. The Bertz CT molecular complexity index is 782. The zero-order valence-corrected chi connectivity index (χ0v) is 15.6. The average Bonchev–Trinajstić information content (AvgIpc) is 2.86. The second-order valence-corrected chi connectivity index (χ2v) is 7.76. The molecule has 0 fully saturated rings. The van der Waals surface area contributed by atoms with Gasteiger partial charge in [0, 0.05) is 9.17 Å². The zero-order chi connectivity index (χ0) is 14.3. The van der Waals surface area contributed by atoms with Gasteiger partial charge in [-0.2, -0.15) is 0 Å². The molecule has 1 aromatic heterocycles. The number of hydrogen-bond acceptors (Lipinski definition) is 1. The first-order valence-corrected chi connectivity index (χ1v) is 9.21. The van der Waals surface area contributed by atoms with Crippen LogP contribution in [0.25, 0.3) is 10.1 Å². The number of rotatable bonds is 2. The standard InChI is InChI=1S/C15H8Br3FS/c16-11-5-1-3-8-10(7-20-15(8)11)13(17)9-4-2-6-12(19)14(9)18/h1-7,13H. The highest BCUT2D eigenvalue weighted by atomic mass is 79.9. The minimum Gasteiger partial charge on any atom is -0.206 e. The van der Waals surface area contributed by atoms with Crippen molar-refractivity contribution in [3.05, 3.63) is 67.7 Å². The molecular formula is C15H8Br3FS. The van der Waals surface area contributed by atoms with Crippen LogP contribution in [0.2, 0.25) is 0 Å². The van der Waals surface area contributed by atoms with Crippen molar-refractivity contribution in [3.63, 3.8) is 0 Å². The largest absolute Gasteiger partial charge is 0.206 e. The minimum atomic E-state index is -0.243. The van der Waals surface area contributed by atoms with E-state index in [2.05, 4.69) is 59.2 Å². The first-order chi connectivity index (χ1) is 9.59. The summed E-state index contributed by atoms with van der Waals surface area (Å²) in [5, 5.41) is 3.30. The SMILES string of the molecule is Fc1cccc(C(Br)c2csc3c(Br)cccc23)c1Br. The van der Waals surface area contributed by atoms with E-state index in [1.165, 1.54) is 16.2 Å². The van der Waals surface area contributed by atoms with Gasteiger partial charge in [-0.3, -0.25) is 0 Å². The van der Waals surface area contributed by atoms with Gasteiger partial charge < -0.3 is 0 Å². The molecule has 0 spiro atoms. The highest BCUT2D eigenvalue weighted by molar-refractivity contribution is 9.11. The number of benzene rings is 2. The molecule has 0 aliphatic heterocycles. The molecule has 5 heteroatoms. The van der Waals surface area contributed by atoms with Crippen LogP contribution in [-0.4, -0.2) is 0 Å². The zero-order valence-electron chi connectivity index (χ0n) is 10.0. The first-order valence-electron chi connectivity index (χ1n) is 5.83. The third-order valence-corrected chi connectivity index (χ3v) is 6.90. The Morgan fingerprint density at radius 3 is 2.55 bits per heavy atom. The van der Waals surface area contributed by atoms with E-state index in [1.54, 1.807) is 17.4 Å². The van der Waals surface area contributed by atoms with Gasteiger partial charge in [0.1, 0.15) is 5.82 Å². The molecule has 3 aromatic rings. The molecule has 1 unspecified atom stereocenters. The van der Waals surface area contributed by atoms with Crippen LogP contribution in [0, 0.1) is 5.82 Å². The number of halogens is 4. The summed E-state index contributed by atoms with van der Waals surface area (Å²) in [6, 6.07) is 11.2. The van der Waals surface area contributed by atoms with Gasteiger partial charge in [0.05, 0.1) is 9.30 Å². The molecule has 0 radical (unpaired) electrons. The molecule has 1 atom stereocenters. The number of fused-ring (bicyclic) bond motifs is 1. The molecule has 0 nitrogen and oxygen atoms in total. The molecule has 2 aromatic carbocycles. The van der Waals surface area contributed by atoms with Gasteiger partial charge >= 0.3 is 0 Å². The van der Waals surface area contributed by atoms with E-state index in [4.69, 9.17) is 0 Å². The molecule has 0 saturated carbocycles. The lowest BCUT2D eigenvalue weighted by molar-refractivity contribution is 0.619. The van der Waals surface area contributed by atoms with Gasteiger partial charge in [0.25, 0.3) is 0 Å². The van der Waals surface area contributed by atoms with Gasteiger partial charge in [0.15, 0.2) is 0 Å². The Labute approximate surface area is 145 Å². The van der Waals surface area contributed by atoms with Crippen molar-refractivity contribution in [3.8, 4) is 0 Å². The maximum atomic E-state index is 13.7. The number of alkyl halides is 1. The fraction of sp³-hybridized carbons (Fsp3) is 0.0667. The average molecular weight is 479 g/mol. The van der Waals surface area contributed by atoms with Crippen LogP contribution < -0.4 is 0 Å². The van der Waals surface area contributed by atoms with Crippen molar-refractivity contribution in [2.24, 2.45) is 0 Å². The third kappa shape index (κ3) is 2.49. The van der Waals surface area contributed by atoms with E-state index in [1.807, 2.05) is 18.2 Å². The molecule has 1 heterocycles. The quantitative estimate of drug-likeness (QED) is 0.346. The molecule has 0 amide bonds. The van der Waals surface area contributed by atoms with E-state index in [0.29, 0.717) is 4.47 Å². The molecule has 0 aliphatic carbocycles. The lowest BCUT2D eigenvalue weighted by Crippen LogP contribution is -1.94. The van der Waals surface area contributed by atoms with Crippen molar-refractivity contribution in [1.82, 2.24) is 0 Å². The summed E-state index contributed by atoms with van der Waals surface area (Å²) in [5.74, 6) is -0.243. The smallest absolute Gasteiger partial charge is 0.137 e. The summed E-state index contributed by atoms with van der Waals surface area (Å²) in [6.45, 7) is 0. The van der Waals surface area contributed by atoms with Crippen LogP contribution in [0.15, 0.2) is 50.7 Å². The maximum absolute atomic E-state index is 13.7. The van der Waals surface area contributed by atoms with Crippen molar-refractivity contribution < 1.29 is 4.39 Å². The molecule has 0 N–H and O–H groups in total. The summed E-state index contributed by atoms with van der Waals surface area (Å²) >= 11 is 12.3. The lowest BCUT2D eigenvalue weighted by atomic mass is 10.0. The van der Waals surface area contributed by atoms with Crippen LogP contribution >= 0.6 is 59.1 Å². The summed E-state index contributed by atoms with van der Waals surface area (Å²) in [5.41, 5.74) is 2.04. The monoisotopic (exact) mass is 476 g/mol. The summed E-state index contributed by atoms with van der Waals surface area (Å²) in [6.07, 6.45) is 0. The van der Waals surface area contributed by atoms with Crippen LogP contribution in [0.1, 0.15) is 16.0 Å². The minimum absolute atomic E-state index is 0.0457. The van der Waals surface area contributed by atoms with Crippen molar-refractivity contribution in [1.29, 1.82) is 0 Å². The van der Waals surface area contributed by atoms with E-state index < -0.39 is 0 Å². The highest BCUT2D eigenvalue weighted by Crippen LogP contribution is 2.43. The van der Waals surface area contributed by atoms with Crippen LogP contribution in [-0.2, 0) is 0 Å². The van der Waals surface area contributed by atoms with Crippen molar-refractivity contribution >= 4 is 69.2 Å². The second kappa shape index (κ2) is 5.87. The normalized spacial score (nSPS) is 12.8. The molecule has 20 heavy (non-hydrogen) atoms. The third-order valence-electron chi connectivity index (χ3n) is 3.11. The van der Waals surface area contributed by atoms with Gasteiger partial charge in [0.2, 0.25) is 0 Å². The summed E-state index contributed by atoms with van der Waals surface area (Å²) in [4.78, 5) is -0.0457. The topological polar surface area (TPSA) is 0 Å². The Morgan fingerprint density at radius 1 is 1.00 bits per heavy atom. The Kier molecular flexibility index (Phi) is 4.32. The van der Waals surface area contributed by atoms with Crippen molar-refractivity contribution in [2.45, 2.75) is 4.83 Å². The maximum Gasteiger partial charge on any atom is 0.137 e. The van der Waals surface area contributed by atoms with Crippen LogP contribution in [0.5, 0.6) is 0 Å². The second-order valence-electron chi connectivity index (χ2n) is 4.31.